The lowest BCUT2D eigenvalue weighted by Crippen LogP contribution is -2.56. The number of carboxylic acids is 2. The monoisotopic (exact) mass is 602 g/mol. The first-order chi connectivity index (χ1) is 20.5. The zero-order valence-corrected chi connectivity index (χ0v) is 23.8. The Bertz CT molecular complexity index is 1320. The van der Waals surface area contributed by atoms with Crippen LogP contribution in [0.4, 0.5) is 4.79 Å². The van der Waals surface area contributed by atoms with Crippen molar-refractivity contribution in [1.29, 1.82) is 0 Å². The molecule has 232 valence electrons. The minimum Gasteiger partial charge on any atom is -0.481 e. The van der Waals surface area contributed by atoms with Crippen LogP contribution in [0.5, 0.6) is 5.88 Å². The van der Waals surface area contributed by atoms with Crippen LogP contribution in [-0.2, 0) is 23.9 Å². The molecule has 1 aromatic carbocycles. The number of aromatic nitrogens is 2. The van der Waals surface area contributed by atoms with E-state index in [4.69, 9.17) is 14.6 Å². The Kier molecular flexibility index (Phi) is 11.4. The molecule has 43 heavy (non-hydrogen) atoms. The van der Waals surface area contributed by atoms with Gasteiger partial charge in [0.2, 0.25) is 11.8 Å². The number of hydrogen-bond donors (Lipinski definition) is 3. The summed E-state index contributed by atoms with van der Waals surface area (Å²) in [6.45, 7) is 1.60. The number of benzene rings is 1. The molecular weight excluding hydrogens is 568 g/mol. The third-order valence-electron chi connectivity index (χ3n) is 6.42. The molecule has 16 heteroatoms. The number of para-hydroxylation sites is 1. The van der Waals surface area contributed by atoms with Crippen molar-refractivity contribution in [2.45, 2.75) is 25.8 Å². The molecule has 1 atom stereocenters. The molecule has 0 aliphatic carbocycles. The number of ether oxygens (including phenoxy) is 2. The molecule has 3 rings (SSSR count). The Balaban J connectivity index is 1.77. The summed E-state index contributed by atoms with van der Waals surface area (Å²) < 4.78 is 11.9. The van der Waals surface area contributed by atoms with E-state index in [0.717, 1.165) is 4.90 Å². The molecule has 0 saturated carbocycles. The number of carboxylic acid groups (broad SMARTS) is 2. The van der Waals surface area contributed by atoms with Crippen molar-refractivity contribution in [1.82, 2.24) is 29.8 Å². The summed E-state index contributed by atoms with van der Waals surface area (Å²) >= 11 is 0. The topological polar surface area (TPSA) is 201 Å². The van der Waals surface area contributed by atoms with E-state index < -0.39 is 61.4 Å². The van der Waals surface area contributed by atoms with Gasteiger partial charge in [-0.15, -0.1) is 0 Å². The van der Waals surface area contributed by atoms with Crippen LogP contribution < -0.4 is 10.1 Å². The predicted octanol–water partition coefficient (Wildman–Crippen LogP) is 0.0580. The number of piperazine rings is 1. The van der Waals surface area contributed by atoms with Crippen LogP contribution in [0.2, 0.25) is 0 Å². The van der Waals surface area contributed by atoms with Crippen molar-refractivity contribution in [2.75, 3.05) is 53.0 Å². The molecule has 1 aromatic heterocycles. The van der Waals surface area contributed by atoms with Gasteiger partial charge >= 0.3 is 18.0 Å². The molecular formula is C27H34N6O10. The van der Waals surface area contributed by atoms with Gasteiger partial charge in [0.05, 0.1) is 12.3 Å². The highest BCUT2D eigenvalue weighted by Crippen LogP contribution is 2.20. The molecule has 0 radical (unpaired) electrons. The second-order valence-corrected chi connectivity index (χ2v) is 9.52. The summed E-state index contributed by atoms with van der Waals surface area (Å²) in [6.07, 6.45) is -1.07. The van der Waals surface area contributed by atoms with E-state index in [-0.39, 0.29) is 50.8 Å². The van der Waals surface area contributed by atoms with Crippen molar-refractivity contribution < 1.29 is 48.5 Å². The second kappa shape index (κ2) is 15.2. The molecule has 1 aliphatic heterocycles. The van der Waals surface area contributed by atoms with E-state index in [1.54, 1.807) is 37.3 Å². The lowest BCUT2D eigenvalue weighted by Gasteiger charge is -2.35. The van der Waals surface area contributed by atoms with Crippen molar-refractivity contribution in [3.8, 4) is 11.6 Å². The Morgan fingerprint density at radius 2 is 1.65 bits per heavy atom. The van der Waals surface area contributed by atoms with Gasteiger partial charge in [0, 0.05) is 45.7 Å². The number of rotatable bonds is 13. The van der Waals surface area contributed by atoms with E-state index in [9.17, 15) is 33.9 Å². The number of carbonyl (C=O) groups excluding carboxylic acids is 4. The first kappa shape index (κ1) is 32.4. The largest absolute Gasteiger partial charge is 0.481 e. The third-order valence-corrected chi connectivity index (χ3v) is 6.42. The van der Waals surface area contributed by atoms with Gasteiger partial charge in [-0.1, -0.05) is 18.2 Å². The highest BCUT2D eigenvalue weighted by atomic mass is 16.6. The minimum atomic E-state index is -1.20. The predicted molar refractivity (Wildman–Crippen MR) is 148 cm³/mol. The van der Waals surface area contributed by atoms with E-state index in [1.165, 1.54) is 27.6 Å². The van der Waals surface area contributed by atoms with E-state index in [1.807, 2.05) is 0 Å². The zero-order chi connectivity index (χ0) is 31.5. The average molecular weight is 603 g/mol. The normalized spacial score (nSPS) is 13.5. The molecule has 1 fully saturated rings. The molecule has 16 nitrogen and oxygen atoms in total. The standard InChI is InChI=1S/C27H34N6O10/c1-3-42-27(41)32-13-11-31(12-14-32)26(40)19(9-10-23(35)36)28-25(39)20-15-22(33(29-20)18-7-5-4-6-8-18)43-17-21(34)30(2)16-24(37)38/h4-8,15,19H,3,9-14,16-17H2,1-2H3,(H,28,39)(H,35,36)(H,37,38)/t19-/m0/s1. The minimum absolute atomic E-state index is 0.00285. The van der Waals surface area contributed by atoms with Crippen LogP contribution in [0.3, 0.4) is 0 Å². The lowest BCUT2D eigenvalue weighted by molar-refractivity contribution is -0.144. The van der Waals surface area contributed by atoms with Crippen molar-refractivity contribution in [3.05, 3.63) is 42.1 Å². The smallest absolute Gasteiger partial charge is 0.409 e. The van der Waals surface area contributed by atoms with Crippen LogP contribution in [0, 0.1) is 0 Å². The fourth-order valence-electron chi connectivity index (χ4n) is 4.17. The van der Waals surface area contributed by atoms with Crippen LogP contribution >= 0.6 is 0 Å². The van der Waals surface area contributed by atoms with Crippen LogP contribution in [0.15, 0.2) is 36.4 Å². The maximum absolute atomic E-state index is 13.3. The van der Waals surface area contributed by atoms with Crippen molar-refractivity contribution in [2.24, 2.45) is 0 Å². The van der Waals surface area contributed by atoms with E-state index in [2.05, 4.69) is 10.4 Å². The lowest BCUT2D eigenvalue weighted by atomic mass is 10.1. The molecule has 0 unspecified atom stereocenters. The van der Waals surface area contributed by atoms with Gasteiger partial charge in [0.15, 0.2) is 12.3 Å². The fourth-order valence-corrected chi connectivity index (χ4v) is 4.17. The van der Waals surface area contributed by atoms with Gasteiger partial charge in [-0.3, -0.25) is 24.0 Å². The molecule has 3 N–H and O–H groups in total. The Labute approximate surface area is 246 Å². The van der Waals surface area contributed by atoms with Gasteiger partial charge in [-0.25, -0.2) is 9.48 Å². The SMILES string of the molecule is CCOC(=O)N1CCN(C(=O)[C@H](CCC(=O)O)NC(=O)c2cc(OCC(=O)N(C)CC(=O)O)n(-c3ccccc3)n2)CC1. The Morgan fingerprint density at radius 3 is 2.26 bits per heavy atom. The number of aliphatic carboxylic acids is 2. The number of nitrogens with zero attached hydrogens (tertiary/aromatic N) is 5. The quantitative estimate of drug-likeness (QED) is 0.280. The third kappa shape index (κ3) is 9.17. The van der Waals surface area contributed by atoms with Gasteiger partial charge in [-0.05, 0) is 25.5 Å². The summed E-state index contributed by atoms with van der Waals surface area (Å²) in [6, 6.07) is 8.60. The van der Waals surface area contributed by atoms with E-state index >= 15 is 0 Å². The number of nitrogens with one attached hydrogen (secondary N) is 1. The fraction of sp³-hybridized carbons (Fsp3) is 0.444. The maximum atomic E-state index is 13.3. The summed E-state index contributed by atoms with van der Waals surface area (Å²) in [7, 11) is 1.30. The number of hydrogen-bond acceptors (Lipinski definition) is 9. The second-order valence-electron chi connectivity index (χ2n) is 9.52. The molecule has 1 saturated heterocycles. The molecule has 2 aromatic rings. The number of amides is 4. The highest BCUT2D eigenvalue weighted by molar-refractivity contribution is 5.96. The highest BCUT2D eigenvalue weighted by Gasteiger charge is 2.31. The summed E-state index contributed by atoms with van der Waals surface area (Å²) in [5, 5.41) is 25.0. The number of carbonyl (C=O) groups is 6. The summed E-state index contributed by atoms with van der Waals surface area (Å²) in [5.41, 5.74) is 0.311. The van der Waals surface area contributed by atoms with Crippen LogP contribution in [0.25, 0.3) is 5.69 Å². The molecule has 1 aliphatic rings. The van der Waals surface area contributed by atoms with Crippen LogP contribution in [-0.4, -0.2) is 129 Å². The van der Waals surface area contributed by atoms with Gasteiger partial charge in [-0.2, -0.15) is 5.10 Å². The van der Waals surface area contributed by atoms with Crippen molar-refractivity contribution >= 4 is 35.8 Å². The average Bonchev–Trinajstić information content (AvgIpc) is 3.42. The zero-order valence-electron chi connectivity index (χ0n) is 23.8. The Hall–Kier alpha value is -5.15. The summed E-state index contributed by atoms with van der Waals surface area (Å²) in [5.74, 6) is -4.28. The Morgan fingerprint density at radius 1 is 1.00 bits per heavy atom. The maximum Gasteiger partial charge on any atom is 0.409 e. The summed E-state index contributed by atoms with van der Waals surface area (Å²) in [4.78, 5) is 77.0. The van der Waals surface area contributed by atoms with Crippen LogP contribution in [0.1, 0.15) is 30.3 Å². The molecule has 0 bridgehead atoms. The van der Waals surface area contributed by atoms with Crippen molar-refractivity contribution in [3.63, 3.8) is 0 Å². The molecule has 2 heterocycles. The van der Waals surface area contributed by atoms with E-state index in [0.29, 0.717) is 5.69 Å². The van der Waals surface area contributed by atoms with Gasteiger partial charge in [0.1, 0.15) is 12.6 Å². The van der Waals surface area contributed by atoms with Gasteiger partial charge < -0.3 is 39.7 Å². The molecule has 0 spiro atoms. The number of likely N-dealkylation sites (N-methyl/N-ethyl adjacent to an activating group) is 1. The van der Waals surface area contributed by atoms with Gasteiger partial charge in [0.25, 0.3) is 11.8 Å². The molecule has 4 amide bonds. The first-order valence-electron chi connectivity index (χ1n) is 13.5. The first-order valence-corrected chi connectivity index (χ1v) is 13.5.